The van der Waals surface area contributed by atoms with Crippen LogP contribution in [0, 0.1) is 23.7 Å². The molecule has 1 unspecified atom stereocenters. The van der Waals surface area contributed by atoms with Crippen LogP contribution in [0.1, 0.15) is 123 Å². The van der Waals surface area contributed by atoms with E-state index in [-0.39, 0.29) is 62.6 Å². The average Bonchev–Trinajstić information content (AvgIpc) is 4.41. The number of carbonyl (C=O) groups is 5. The van der Waals surface area contributed by atoms with Crippen molar-refractivity contribution < 1.29 is 43.3 Å². The predicted molar refractivity (Wildman–Crippen MR) is 311 cm³/mol. The van der Waals surface area contributed by atoms with Gasteiger partial charge in [0.15, 0.2) is 5.78 Å². The van der Waals surface area contributed by atoms with Crippen LogP contribution in [0.2, 0.25) is 0 Å². The Bertz CT molecular complexity index is 3120. The number of hydrogen-bond donors (Lipinski definition) is 4. The van der Waals surface area contributed by atoms with Gasteiger partial charge in [-0.15, -0.1) is 11.3 Å². The van der Waals surface area contributed by atoms with E-state index < -0.39 is 34.9 Å². The number of H-pyrrole nitrogens is 1. The number of aromatic nitrogens is 2. The summed E-state index contributed by atoms with van der Waals surface area (Å²) in [5.74, 6) is -1.04. The number of amides is 4. The smallest absolute Gasteiger partial charge is 0.246 e. The summed E-state index contributed by atoms with van der Waals surface area (Å²) >= 11 is 1.57. The molecule has 4 aliphatic rings. The van der Waals surface area contributed by atoms with Gasteiger partial charge in [-0.05, 0) is 78.1 Å². The minimum atomic E-state index is -0.939. The second-order valence-electron chi connectivity index (χ2n) is 23.5. The summed E-state index contributed by atoms with van der Waals surface area (Å²) in [6.07, 6.45) is 2.42. The van der Waals surface area contributed by atoms with Gasteiger partial charge in [0.1, 0.15) is 12.1 Å². The maximum atomic E-state index is 14.2. The topological polar surface area (TPSA) is 223 Å². The number of aryl methyl sites for hydroxylation is 2. The van der Waals surface area contributed by atoms with Crippen molar-refractivity contribution in [1.29, 1.82) is 5.26 Å². The van der Waals surface area contributed by atoms with Crippen molar-refractivity contribution >= 4 is 57.3 Å². The van der Waals surface area contributed by atoms with Crippen molar-refractivity contribution in [2.75, 3.05) is 90.4 Å². The van der Waals surface area contributed by atoms with Crippen molar-refractivity contribution in [3.05, 3.63) is 105 Å². The molecule has 3 aromatic carbocycles. The van der Waals surface area contributed by atoms with Gasteiger partial charge in [-0.25, -0.2) is 4.98 Å². The van der Waals surface area contributed by atoms with E-state index >= 15 is 0 Å². The number of nitriles is 1. The van der Waals surface area contributed by atoms with E-state index in [0.29, 0.717) is 63.1 Å². The number of hydrogen-bond acceptors (Lipinski definition) is 14. The van der Waals surface area contributed by atoms with Crippen molar-refractivity contribution in [3.8, 4) is 16.5 Å². The number of piperazine rings is 1. The molecular formula is C62H79N9O9S. The van der Waals surface area contributed by atoms with Gasteiger partial charge >= 0.3 is 0 Å². The molecule has 0 bridgehead atoms. The minimum absolute atomic E-state index is 0.0104. The molecule has 3 atom stereocenters. The molecule has 4 amide bonds. The monoisotopic (exact) mass is 1130 g/mol. The lowest BCUT2D eigenvalue weighted by molar-refractivity contribution is -0.144. The molecule has 5 aromatic rings. The van der Waals surface area contributed by atoms with Crippen LogP contribution in [-0.2, 0) is 51.8 Å². The Morgan fingerprint density at radius 1 is 0.914 bits per heavy atom. The van der Waals surface area contributed by atoms with Crippen LogP contribution < -0.4 is 15.5 Å². The quantitative estimate of drug-likeness (QED) is 0.0566. The van der Waals surface area contributed by atoms with Crippen molar-refractivity contribution in [1.82, 2.24) is 35.3 Å². The number of nitrogens with zero attached hydrogens (tertiary/aromatic N) is 6. The normalized spacial score (nSPS) is 18.9. The first kappa shape index (κ1) is 59.1. The number of ether oxygens (including phenoxy) is 3. The lowest BCUT2D eigenvalue weighted by atomic mass is 9.70. The molecule has 0 radical (unpaired) electrons. The first-order chi connectivity index (χ1) is 38.9. The molecule has 9 rings (SSSR count). The molecule has 4 N–H and O–H groups in total. The summed E-state index contributed by atoms with van der Waals surface area (Å²) in [6, 6.07) is 18.6. The predicted octanol–water partition coefficient (Wildman–Crippen LogP) is 6.66. The fourth-order valence-electron chi connectivity index (χ4n) is 12.0. The van der Waals surface area contributed by atoms with Gasteiger partial charge in [0.05, 0.1) is 85.4 Å². The molecule has 3 saturated heterocycles. The summed E-state index contributed by atoms with van der Waals surface area (Å²) < 4.78 is 17.0. The fraction of sp³-hybridized carbons (Fsp3) is 0.532. The summed E-state index contributed by atoms with van der Waals surface area (Å²) in [7, 11) is 0. The number of aromatic amines is 1. The molecule has 18 nitrogen and oxygen atoms in total. The third kappa shape index (κ3) is 13.4. The number of ketones is 1. The molecule has 5 heterocycles. The first-order valence-corrected chi connectivity index (χ1v) is 29.6. The summed E-state index contributed by atoms with van der Waals surface area (Å²) in [5, 5.41) is 26.8. The van der Waals surface area contributed by atoms with E-state index in [1.54, 1.807) is 17.4 Å². The number of anilines is 1. The molecule has 3 aliphatic heterocycles. The molecule has 81 heavy (non-hydrogen) atoms. The van der Waals surface area contributed by atoms with Gasteiger partial charge in [0, 0.05) is 105 Å². The lowest BCUT2D eigenvalue weighted by Gasteiger charge is -2.44. The molecule has 0 spiro atoms. The summed E-state index contributed by atoms with van der Waals surface area (Å²) in [6.45, 7) is 20.8. The van der Waals surface area contributed by atoms with E-state index in [1.807, 2.05) is 74.5 Å². The number of piperidine rings is 1. The van der Waals surface area contributed by atoms with Crippen LogP contribution in [0.15, 0.2) is 60.1 Å². The SMILES string of the molecule is CCc1cc2c(cc1N1CCC(N3CCN(C(=O)CCOCCOCCOCCC(=O)NC(C(=O)N4C[C@H](O)C[C@H]4C(=O)NCc4ccc(-c5scnc5C)cc4)C(C)(C)C)CC3)CC1)C(C)(C)c1[nH]c3cc(C#N)ccc3c1C2=O. The van der Waals surface area contributed by atoms with E-state index in [9.17, 15) is 34.3 Å². The molecule has 0 saturated carbocycles. The van der Waals surface area contributed by atoms with E-state index in [1.165, 1.54) is 16.2 Å². The molecular weight excluding hydrogens is 1050 g/mol. The number of β-amino-alcohol motifs (C(OH)–C–C–N with tert-alkyl or cyclic N) is 1. The third-order valence-electron chi connectivity index (χ3n) is 16.7. The van der Waals surface area contributed by atoms with Crippen LogP contribution in [0.4, 0.5) is 5.69 Å². The molecule has 19 heteroatoms. The highest BCUT2D eigenvalue weighted by Gasteiger charge is 2.45. The van der Waals surface area contributed by atoms with Gasteiger partial charge in [-0.3, -0.25) is 28.9 Å². The Morgan fingerprint density at radius 3 is 2.23 bits per heavy atom. The second kappa shape index (κ2) is 25.7. The fourth-order valence-corrected chi connectivity index (χ4v) is 12.8. The number of likely N-dealkylation sites (tertiary alicyclic amines) is 1. The maximum absolute atomic E-state index is 14.2. The van der Waals surface area contributed by atoms with E-state index in [2.05, 4.69) is 69.4 Å². The van der Waals surface area contributed by atoms with Crippen molar-refractivity contribution in [2.45, 2.75) is 123 Å². The van der Waals surface area contributed by atoms with E-state index in [0.717, 1.165) is 94.9 Å². The molecule has 1 aliphatic carbocycles. The van der Waals surface area contributed by atoms with Crippen LogP contribution in [0.5, 0.6) is 0 Å². The zero-order chi connectivity index (χ0) is 57.6. The highest BCUT2D eigenvalue weighted by molar-refractivity contribution is 7.13. The lowest BCUT2D eigenvalue weighted by Crippen LogP contribution is -2.57. The molecule has 3 fully saturated rings. The number of carbonyl (C=O) groups excluding carboxylic acids is 5. The Hall–Kier alpha value is -6.53. The number of aliphatic hydroxyl groups is 1. The minimum Gasteiger partial charge on any atom is -0.391 e. The maximum Gasteiger partial charge on any atom is 0.246 e. The zero-order valence-electron chi connectivity index (χ0n) is 48.0. The van der Waals surface area contributed by atoms with E-state index in [4.69, 9.17) is 14.2 Å². The number of thiazole rings is 1. The molecule has 432 valence electrons. The van der Waals surface area contributed by atoms with Gasteiger partial charge in [-0.1, -0.05) is 71.9 Å². The second-order valence-corrected chi connectivity index (χ2v) is 24.4. The summed E-state index contributed by atoms with van der Waals surface area (Å²) in [5.41, 5.74) is 10.8. The van der Waals surface area contributed by atoms with Gasteiger partial charge in [0.25, 0.3) is 0 Å². The third-order valence-corrected chi connectivity index (χ3v) is 17.7. The highest BCUT2D eigenvalue weighted by atomic mass is 32.1. The number of nitrogens with one attached hydrogen (secondary N) is 3. The van der Waals surface area contributed by atoms with Gasteiger partial charge < -0.3 is 49.6 Å². The Morgan fingerprint density at radius 2 is 1.59 bits per heavy atom. The zero-order valence-corrected chi connectivity index (χ0v) is 48.8. The Labute approximate surface area is 479 Å². The number of benzene rings is 3. The summed E-state index contributed by atoms with van der Waals surface area (Å²) in [4.78, 5) is 85.2. The largest absolute Gasteiger partial charge is 0.391 e. The standard InChI is InChI=1S/C62H79N9O9S/c1-8-42-32-47-48(62(6,7)57-54(55(47)75)46-14-11-41(35-63)31-49(46)66-57)34-50(42)69-19-15-44(16-20-69)68-21-23-70(24-22-68)53(74)18-26-79-28-30-80-29-27-78-25-17-52(73)67-58(61(3,4)5)60(77)71-37-45(72)33-51(71)59(76)64-36-40-9-12-43(13-10-40)56-39(2)65-38-81-56/h9-14,31-32,34,38,44-45,51,58,66,72H,8,15-30,33,36-37H2,1-7H3,(H,64,76)(H,67,73)/t45-,51+,58?/m1/s1. The van der Waals surface area contributed by atoms with Crippen molar-refractivity contribution in [3.63, 3.8) is 0 Å². The first-order valence-electron chi connectivity index (χ1n) is 28.7. The number of rotatable bonds is 21. The Kier molecular flexibility index (Phi) is 18.8. The van der Waals surface area contributed by atoms with Crippen LogP contribution >= 0.6 is 11.3 Å². The van der Waals surface area contributed by atoms with Crippen molar-refractivity contribution in [2.24, 2.45) is 5.41 Å². The number of aliphatic hydroxyl groups excluding tert-OH is 1. The molecule has 2 aromatic heterocycles. The van der Waals surface area contributed by atoms with Gasteiger partial charge in [0.2, 0.25) is 23.6 Å². The average molecular weight is 1130 g/mol. The Balaban J connectivity index is 0.626. The van der Waals surface area contributed by atoms with Crippen LogP contribution in [-0.4, -0.2) is 169 Å². The highest BCUT2D eigenvalue weighted by Crippen LogP contribution is 2.46. The number of fused-ring (bicyclic) bond motifs is 4. The van der Waals surface area contributed by atoms with Crippen LogP contribution in [0.3, 0.4) is 0 Å². The van der Waals surface area contributed by atoms with Gasteiger partial charge in [-0.2, -0.15) is 5.26 Å². The van der Waals surface area contributed by atoms with Crippen LogP contribution in [0.25, 0.3) is 21.3 Å².